The fourth-order valence-corrected chi connectivity index (χ4v) is 3.06. The summed E-state index contributed by atoms with van der Waals surface area (Å²) in [6, 6.07) is 3.12. The number of benzene rings is 1. The molecule has 1 aliphatic heterocycles. The average Bonchev–Trinajstić information content (AvgIpc) is 2.84. The third kappa shape index (κ3) is 2.44. The van der Waals surface area contributed by atoms with Gasteiger partial charge in [0.1, 0.15) is 11.4 Å². The van der Waals surface area contributed by atoms with Crippen LogP contribution < -0.4 is 11.5 Å². The second-order valence-electron chi connectivity index (χ2n) is 5.73. The summed E-state index contributed by atoms with van der Waals surface area (Å²) < 4.78 is 1.78. The lowest BCUT2D eigenvalue weighted by Gasteiger charge is -2.16. The Hall–Kier alpha value is -2.83. The lowest BCUT2D eigenvalue weighted by atomic mass is 9.98. The average molecular weight is 314 g/mol. The molecule has 3 rings (SSSR count). The Morgan fingerprint density at radius 1 is 1.30 bits per heavy atom. The van der Waals surface area contributed by atoms with Crippen LogP contribution in [-0.4, -0.2) is 27.3 Å². The third-order valence-electron chi connectivity index (χ3n) is 4.21. The first kappa shape index (κ1) is 15.1. The van der Waals surface area contributed by atoms with Gasteiger partial charge in [0.05, 0.1) is 5.52 Å². The Balaban J connectivity index is 2.37. The lowest BCUT2D eigenvalue weighted by Crippen LogP contribution is -2.25. The number of hydrogen-bond acceptors (Lipinski definition) is 3. The van der Waals surface area contributed by atoms with E-state index in [0.717, 1.165) is 12.8 Å². The number of nitrogens with two attached hydrogens (primary N) is 2. The molecule has 0 bridgehead atoms. The fraction of sp³-hybridized carbons (Fsp3) is 0.312. The van der Waals surface area contributed by atoms with Gasteiger partial charge < -0.3 is 21.1 Å². The molecule has 2 aromatic rings. The van der Waals surface area contributed by atoms with Gasteiger partial charge in [0.25, 0.3) is 5.91 Å². The summed E-state index contributed by atoms with van der Waals surface area (Å²) >= 11 is 0. The first-order valence-electron chi connectivity index (χ1n) is 7.43. The predicted octanol–water partition coefficient (Wildman–Crippen LogP) is 1.44. The third-order valence-corrected chi connectivity index (χ3v) is 4.21. The first-order chi connectivity index (χ1) is 10.9. The molecule has 7 nitrogen and oxygen atoms in total. The van der Waals surface area contributed by atoms with E-state index < -0.39 is 5.91 Å². The highest BCUT2D eigenvalue weighted by atomic mass is 16.3. The number of aromatic hydroxyl groups is 1. The van der Waals surface area contributed by atoms with Crippen LogP contribution in [-0.2, 0) is 6.54 Å². The van der Waals surface area contributed by atoms with Gasteiger partial charge in [-0.05, 0) is 31.9 Å². The molecule has 0 spiro atoms. The topological polar surface area (TPSA) is 124 Å². The van der Waals surface area contributed by atoms with Crippen LogP contribution in [0, 0.1) is 6.92 Å². The van der Waals surface area contributed by atoms with Crippen molar-refractivity contribution in [3.8, 4) is 5.75 Å². The number of ketones is 1. The van der Waals surface area contributed by atoms with Crippen LogP contribution in [0.4, 0.5) is 0 Å². The minimum Gasteiger partial charge on any atom is -0.508 e. The summed E-state index contributed by atoms with van der Waals surface area (Å²) in [6.07, 6.45) is 1.93. The van der Waals surface area contributed by atoms with E-state index in [4.69, 9.17) is 11.5 Å². The molecule has 1 aromatic carbocycles. The van der Waals surface area contributed by atoms with Crippen molar-refractivity contribution >= 4 is 28.6 Å². The highest BCUT2D eigenvalue weighted by molar-refractivity contribution is 6.12. The maximum atomic E-state index is 12.4. The van der Waals surface area contributed by atoms with Crippen LogP contribution in [0.1, 0.15) is 45.7 Å². The normalized spacial score (nSPS) is 14.4. The zero-order valence-corrected chi connectivity index (χ0v) is 12.8. The molecule has 120 valence electrons. The molecule has 0 atom stereocenters. The Kier molecular flexibility index (Phi) is 3.55. The maximum Gasteiger partial charge on any atom is 0.296 e. The smallest absolute Gasteiger partial charge is 0.296 e. The van der Waals surface area contributed by atoms with Gasteiger partial charge >= 0.3 is 0 Å². The second-order valence-corrected chi connectivity index (χ2v) is 5.73. The number of nitrogens with zero attached hydrogens (tertiary/aromatic N) is 2. The van der Waals surface area contributed by atoms with Gasteiger partial charge in [0, 0.05) is 29.5 Å². The van der Waals surface area contributed by atoms with E-state index in [1.54, 1.807) is 17.6 Å². The van der Waals surface area contributed by atoms with Gasteiger partial charge in [0.2, 0.25) is 0 Å². The molecule has 0 radical (unpaired) electrons. The molecule has 0 saturated heterocycles. The highest BCUT2D eigenvalue weighted by Gasteiger charge is 2.24. The number of aromatic nitrogens is 1. The van der Waals surface area contributed by atoms with Gasteiger partial charge in [-0.25, -0.2) is 0 Å². The molecule has 0 saturated carbocycles. The number of aliphatic imine (C=N–C) groups is 1. The maximum absolute atomic E-state index is 12.4. The van der Waals surface area contributed by atoms with E-state index in [1.807, 2.05) is 0 Å². The van der Waals surface area contributed by atoms with Crippen molar-refractivity contribution in [1.29, 1.82) is 0 Å². The fourth-order valence-electron chi connectivity index (χ4n) is 3.06. The quantitative estimate of drug-likeness (QED) is 0.542. The summed E-state index contributed by atoms with van der Waals surface area (Å²) in [5.74, 6) is -0.863. The molecule has 1 aromatic heterocycles. The summed E-state index contributed by atoms with van der Waals surface area (Å²) in [6.45, 7) is 2.34. The van der Waals surface area contributed by atoms with Gasteiger partial charge in [-0.3, -0.25) is 9.59 Å². The number of phenols is 1. The van der Waals surface area contributed by atoms with E-state index in [0.29, 0.717) is 40.7 Å². The van der Waals surface area contributed by atoms with Crippen LogP contribution in [0.5, 0.6) is 5.75 Å². The van der Waals surface area contributed by atoms with E-state index in [-0.39, 0.29) is 17.5 Å². The molecule has 23 heavy (non-hydrogen) atoms. The molecular formula is C16H18N4O3. The van der Waals surface area contributed by atoms with Gasteiger partial charge in [0.15, 0.2) is 11.7 Å². The van der Waals surface area contributed by atoms with Crippen LogP contribution in [0.2, 0.25) is 0 Å². The number of guanidine groups is 1. The SMILES string of the molecule is Cc1c(O)cc2c3c1cc(C(=O)N=C(N)N)n3CCCCC2=O. The summed E-state index contributed by atoms with van der Waals surface area (Å²) in [5, 5.41) is 10.8. The van der Waals surface area contributed by atoms with Crippen molar-refractivity contribution in [2.24, 2.45) is 16.5 Å². The molecule has 0 unspecified atom stereocenters. The number of Topliss-reactive ketones (excluding diaryl/α,β-unsaturated/α-hetero) is 1. The number of amides is 1. The Morgan fingerprint density at radius 3 is 2.74 bits per heavy atom. The van der Waals surface area contributed by atoms with Crippen molar-refractivity contribution < 1.29 is 14.7 Å². The Morgan fingerprint density at radius 2 is 2.04 bits per heavy atom. The molecule has 5 N–H and O–H groups in total. The molecule has 0 fully saturated rings. The Bertz CT molecular complexity index is 860. The molecule has 7 heteroatoms. The minimum absolute atomic E-state index is 0.0369. The van der Waals surface area contributed by atoms with Crippen molar-refractivity contribution in [2.45, 2.75) is 32.7 Å². The molecule has 1 aliphatic rings. The van der Waals surface area contributed by atoms with Crippen LogP contribution >= 0.6 is 0 Å². The second kappa shape index (κ2) is 5.42. The van der Waals surface area contributed by atoms with Gasteiger partial charge in [-0.2, -0.15) is 4.99 Å². The summed E-state index contributed by atoms with van der Waals surface area (Å²) in [7, 11) is 0. The molecule has 0 aliphatic carbocycles. The lowest BCUT2D eigenvalue weighted by molar-refractivity contribution is 0.0969. The van der Waals surface area contributed by atoms with Gasteiger partial charge in [-0.15, -0.1) is 0 Å². The Labute approximate surface area is 132 Å². The number of carbonyl (C=O) groups excluding carboxylic acids is 2. The summed E-state index contributed by atoms with van der Waals surface area (Å²) in [5.41, 5.74) is 12.6. The molecular weight excluding hydrogens is 296 g/mol. The van der Waals surface area contributed by atoms with Gasteiger partial charge in [-0.1, -0.05) is 0 Å². The first-order valence-corrected chi connectivity index (χ1v) is 7.43. The number of rotatable bonds is 1. The predicted molar refractivity (Wildman–Crippen MR) is 86.7 cm³/mol. The van der Waals surface area contributed by atoms with E-state index in [9.17, 15) is 14.7 Å². The van der Waals surface area contributed by atoms with Crippen molar-refractivity contribution in [2.75, 3.05) is 0 Å². The van der Waals surface area contributed by atoms with Crippen LogP contribution in [0.25, 0.3) is 10.9 Å². The summed E-state index contributed by atoms with van der Waals surface area (Å²) in [4.78, 5) is 28.3. The highest BCUT2D eigenvalue weighted by Crippen LogP contribution is 2.35. The zero-order chi connectivity index (χ0) is 16.7. The van der Waals surface area contributed by atoms with E-state index in [1.165, 1.54) is 6.07 Å². The van der Waals surface area contributed by atoms with Crippen LogP contribution in [0.15, 0.2) is 17.1 Å². The number of phenolic OH excluding ortho intramolecular Hbond substituents is 1. The van der Waals surface area contributed by atoms with E-state index in [2.05, 4.69) is 4.99 Å². The van der Waals surface area contributed by atoms with E-state index >= 15 is 0 Å². The van der Waals surface area contributed by atoms with Crippen molar-refractivity contribution in [3.63, 3.8) is 0 Å². The van der Waals surface area contributed by atoms with Crippen LogP contribution in [0.3, 0.4) is 0 Å². The molecule has 2 heterocycles. The minimum atomic E-state index is -0.556. The standard InChI is InChI=1S/C16H18N4O3/c1-8-9-6-11(15(23)19-16(17)18)20-5-3-2-4-12(21)10(14(9)20)7-13(8)22/h6-7,22H,2-5H2,1H3,(H4,17,18,19,23). The van der Waals surface area contributed by atoms with Crippen molar-refractivity contribution in [3.05, 3.63) is 29.0 Å². The largest absolute Gasteiger partial charge is 0.508 e. The van der Waals surface area contributed by atoms with Crippen molar-refractivity contribution in [1.82, 2.24) is 4.57 Å². The number of aryl methyl sites for hydroxylation is 2. The molecule has 1 amide bonds. The number of hydrogen-bond donors (Lipinski definition) is 3. The number of carbonyl (C=O) groups is 2. The monoisotopic (exact) mass is 314 g/mol. The zero-order valence-electron chi connectivity index (χ0n) is 12.8.